The quantitative estimate of drug-likeness (QED) is 0.824. The van der Waals surface area contributed by atoms with E-state index in [9.17, 15) is 9.59 Å². The third-order valence-electron chi connectivity index (χ3n) is 3.70. The van der Waals surface area contributed by atoms with Gasteiger partial charge in [-0.15, -0.1) is 0 Å². The van der Waals surface area contributed by atoms with Crippen LogP contribution in [0.1, 0.15) is 24.2 Å². The molecule has 6 heteroatoms. The maximum absolute atomic E-state index is 12.6. The molecule has 0 radical (unpaired) electrons. The number of para-hydroxylation sites is 1. The first-order valence-corrected chi connectivity index (χ1v) is 8.30. The third kappa shape index (κ3) is 4.97. The Hall–Kier alpha value is -2.53. The molecule has 25 heavy (non-hydrogen) atoms. The highest BCUT2D eigenvalue weighted by Crippen LogP contribution is 2.18. The highest BCUT2D eigenvalue weighted by Gasteiger charge is 2.25. The molecule has 0 saturated heterocycles. The Morgan fingerprint density at radius 2 is 1.68 bits per heavy atom. The van der Waals surface area contributed by atoms with E-state index in [0.717, 1.165) is 0 Å². The second-order valence-corrected chi connectivity index (χ2v) is 6.33. The summed E-state index contributed by atoms with van der Waals surface area (Å²) in [7, 11) is 1.50. The predicted octanol–water partition coefficient (Wildman–Crippen LogP) is 3.74. The summed E-state index contributed by atoms with van der Waals surface area (Å²) in [6.07, 6.45) is 0. The zero-order chi connectivity index (χ0) is 18.4. The van der Waals surface area contributed by atoms with Gasteiger partial charge in [-0.2, -0.15) is 0 Å². The highest BCUT2D eigenvalue weighted by atomic mass is 35.5. The van der Waals surface area contributed by atoms with Gasteiger partial charge in [0.15, 0.2) is 0 Å². The number of nitrogens with one attached hydrogen (secondary N) is 2. The molecular formula is C19H21ClN2O3. The molecule has 0 spiro atoms. The molecule has 5 nitrogen and oxygen atoms in total. The molecule has 2 amide bonds. The highest BCUT2D eigenvalue weighted by molar-refractivity contribution is 6.30. The summed E-state index contributed by atoms with van der Waals surface area (Å²) in [4.78, 5) is 25.1. The van der Waals surface area contributed by atoms with Crippen LogP contribution in [0.2, 0.25) is 5.02 Å². The Balaban J connectivity index is 2.13. The van der Waals surface area contributed by atoms with Crippen molar-refractivity contribution in [1.29, 1.82) is 0 Å². The van der Waals surface area contributed by atoms with Gasteiger partial charge in [0.1, 0.15) is 11.8 Å². The van der Waals surface area contributed by atoms with Gasteiger partial charge in [0.25, 0.3) is 5.91 Å². The first-order valence-electron chi connectivity index (χ1n) is 7.92. The van der Waals surface area contributed by atoms with E-state index in [0.29, 0.717) is 22.0 Å². The van der Waals surface area contributed by atoms with Gasteiger partial charge in [-0.05, 0) is 42.3 Å². The number of ether oxygens (including phenoxy) is 1. The largest absolute Gasteiger partial charge is 0.496 e. The lowest BCUT2D eigenvalue weighted by atomic mass is 10.0. The summed E-state index contributed by atoms with van der Waals surface area (Å²) in [5.74, 6) is -0.283. The van der Waals surface area contributed by atoms with Crippen molar-refractivity contribution in [2.24, 2.45) is 5.92 Å². The molecule has 132 valence electrons. The molecule has 2 aromatic carbocycles. The molecule has 0 heterocycles. The molecule has 0 unspecified atom stereocenters. The average molecular weight is 361 g/mol. The zero-order valence-electron chi connectivity index (χ0n) is 14.4. The average Bonchev–Trinajstić information content (AvgIpc) is 2.60. The van der Waals surface area contributed by atoms with Crippen molar-refractivity contribution in [3.63, 3.8) is 0 Å². The molecule has 2 rings (SSSR count). The van der Waals surface area contributed by atoms with E-state index in [1.165, 1.54) is 7.11 Å². The van der Waals surface area contributed by atoms with Crippen LogP contribution < -0.4 is 15.4 Å². The molecule has 0 aromatic heterocycles. The molecule has 0 aliphatic heterocycles. The smallest absolute Gasteiger partial charge is 0.255 e. The van der Waals surface area contributed by atoms with E-state index in [1.807, 2.05) is 13.8 Å². The standard InChI is InChI=1S/C19H21ClN2O3/c1-12(2)17(19(24)21-14-10-8-13(20)9-11-14)22-18(23)15-6-4-5-7-16(15)25-3/h4-12,17H,1-3H3,(H,21,24)(H,22,23)/t17-/m0/s1. The van der Waals surface area contributed by atoms with E-state index in [1.54, 1.807) is 48.5 Å². The van der Waals surface area contributed by atoms with Crippen molar-refractivity contribution in [1.82, 2.24) is 5.32 Å². The Bertz CT molecular complexity index is 745. The lowest BCUT2D eigenvalue weighted by molar-refractivity contribution is -0.118. The van der Waals surface area contributed by atoms with Crippen molar-refractivity contribution in [3.8, 4) is 5.75 Å². The molecule has 0 saturated carbocycles. The van der Waals surface area contributed by atoms with Gasteiger partial charge in [0.05, 0.1) is 12.7 Å². The number of hydrogen-bond donors (Lipinski definition) is 2. The van der Waals surface area contributed by atoms with Crippen LogP contribution in [0.3, 0.4) is 0 Å². The van der Waals surface area contributed by atoms with Crippen LogP contribution in [0.15, 0.2) is 48.5 Å². The fraction of sp³-hybridized carbons (Fsp3) is 0.263. The number of rotatable bonds is 6. The van der Waals surface area contributed by atoms with E-state index >= 15 is 0 Å². The van der Waals surface area contributed by atoms with Gasteiger partial charge < -0.3 is 15.4 Å². The maximum atomic E-state index is 12.6. The van der Waals surface area contributed by atoms with Crippen molar-refractivity contribution in [3.05, 3.63) is 59.1 Å². The van der Waals surface area contributed by atoms with Gasteiger partial charge in [-0.3, -0.25) is 9.59 Å². The minimum atomic E-state index is -0.687. The molecular weight excluding hydrogens is 340 g/mol. The normalized spacial score (nSPS) is 11.7. The number of carbonyl (C=O) groups is 2. The number of amides is 2. The molecule has 2 aromatic rings. The van der Waals surface area contributed by atoms with Crippen molar-refractivity contribution < 1.29 is 14.3 Å². The van der Waals surface area contributed by atoms with Gasteiger partial charge in [0, 0.05) is 10.7 Å². The first-order chi connectivity index (χ1) is 11.9. The second-order valence-electron chi connectivity index (χ2n) is 5.89. The molecule has 2 N–H and O–H groups in total. The SMILES string of the molecule is COc1ccccc1C(=O)N[C@H](C(=O)Nc1ccc(Cl)cc1)C(C)C. The lowest BCUT2D eigenvalue weighted by Crippen LogP contribution is -2.47. The van der Waals surface area contributed by atoms with Gasteiger partial charge in [0.2, 0.25) is 5.91 Å². The van der Waals surface area contributed by atoms with Crippen LogP contribution >= 0.6 is 11.6 Å². The maximum Gasteiger partial charge on any atom is 0.255 e. The first kappa shape index (κ1) is 18.8. The Kier molecular flexibility index (Phi) is 6.42. The molecule has 0 aliphatic rings. The van der Waals surface area contributed by atoms with Gasteiger partial charge in [-0.1, -0.05) is 37.6 Å². The van der Waals surface area contributed by atoms with E-state index < -0.39 is 6.04 Å². The Labute approximate surface area is 152 Å². The minimum absolute atomic E-state index is 0.0917. The zero-order valence-corrected chi connectivity index (χ0v) is 15.1. The van der Waals surface area contributed by atoms with Crippen LogP contribution in [0, 0.1) is 5.92 Å². The fourth-order valence-corrected chi connectivity index (χ4v) is 2.47. The predicted molar refractivity (Wildman–Crippen MR) is 99.2 cm³/mol. The minimum Gasteiger partial charge on any atom is -0.496 e. The van der Waals surface area contributed by atoms with E-state index in [4.69, 9.17) is 16.3 Å². The Morgan fingerprint density at radius 1 is 1.04 bits per heavy atom. The topological polar surface area (TPSA) is 67.4 Å². The third-order valence-corrected chi connectivity index (χ3v) is 3.95. The number of halogens is 1. The second kappa shape index (κ2) is 8.53. The van der Waals surface area contributed by atoms with E-state index in [2.05, 4.69) is 10.6 Å². The van der Waals surface area contributed by atoms with Crippen LogP contribution in [-0.2, 0) is 4.79 Å². The fourth-order valence-electron chi connectivity index (χ4n) is 2.34. The van der Waals surface area contributed by atoms with Gasteiger partial charge >= 0.3 is 0 Å². The van der Waals surface area contributed by atoms with Crippen molar-refractivity contribution in [2.75, 3.05) is 12.4 Å². The summed E-state index contributed by atoms with van der Waals surface area (Å²) in [6, 6.07) is 13.0. The number of methoxy groups -OCH3 is 1. The molecule has 1 atom stereocenters. The summed E-state index contributed by atoms with van der Waals surface area (Å²) in [5, 5.41) is 6.16. The lowest BCUT2D eigenvalue weighted by Gasteiger charge is -2.22. The van der Waals surface area contributed by atoms with Crippen LogP contribution in [0.4, 0.5) is 5.69 Å². The van der Waals surface area contributed by atoms with Crippen LogP contribution in [-0.4, -0.2) is 25.0 Å². The van der Waals surface area contributed by atoms with Crippen molar-refractivity contribution >= 4 is 29.1 Å². The summed E-state index contributed by atoms with van der Waals surface area (Å²) < 4.78 is 5.20. The summed E-state index contributed by atoms with van der Waals surface area (Å²) in [6.45, 7) is 3.74. The Morgan fingerprint density at radius 3 is 2.28 bits per heavy atom. The number of benzene rings is 2. The monoisotopic (exact) mass is 360 g/mol. The molecule has 0 aliphatic carbocycles. The number of hydrogen-bond acceptors (Lipinski definition) is 3. The van der Waals surface area contributed by atoms with Crippen molar-refractivity contribution in [2.45, 2.75) is 19.9 Å². The van der Waals surface area contributed by atoms with Crippen LogP contribution in [0.25, 0.3) is 0 Å². The summed E-state index contributed by atoms with van der Waals surface area (Å²) >= 11 is 5.84. The number of anilines is 1. The molecule has 0 bridgehead atoms. The summed E-state index contributed by atoms with van der Waals surface area (Å²) in [5.41, 5.74) is 1.00. The van der Waals surface area contributed by atoms with Gasteiger partial charge in [-0.25, -0.2) is 0 Å². The molecule has 0 fully saturated rings. The van der Waals surface area contributed by atoms with E-state index in [-0.39, 0.29) is 17.7 Å². The van der Waals surface area contributed by atoms with Crippen LogP contribution in [0.5, 0.6) is 5.75 Å². The number of carbonyl (C=O) groups excluding carboxylic acids is 2.